The maximum absolute atomic E-state index is 12.6. The molecule has 0 spiro atoms. The molecule has 146 valence electrons. The first-order valence-electron chi connectivity index (χ1n) is 8.51. The van der Waals surface area contributed by atoms with Crippen LogP contribution in [0.1, 0.15) is 21.5 Å². The third-order valence-corrected chi connectivity index (χ3v) is 5.66. The zero-order valence-corrected chi connectivity index (χ0v) is 16.4. The van der Waals surface area contributed by atoms with E-state index in [0.717, 1.165) is 5.56 Å². The predicted molar refractivity (Wildman–Crippen MR) is 105 cm³/mol. The molecule has 0 unspecified atom stereocenters. The van der Waals surface area contributed by atoms with Crippen LogP contribution >= 0.6 is 0 Å². The molecule has 7 nitrogen and oxygen atoms in total. The molecule has 1 atom stereocenters. The van der Waals surface area contributed by atoms with Crippen LogP contribution in [0.2, 0.25) is 0 Å². The summed E-state index contributed by atoms with van der Waals surface area (Å²) in [6.45, 7) is 1.89. The number of benzene rings is 2. The van der Waals surface area contributed by atoms with Crippen molar-refractivity contribution in [1.29, 1.82) is 5.26 Å². The van der Waals surface area contributed by atoms with Gasteiger partial charge in [-0.2, -0.15) is 5.26 Å². The van der Waals surface area contributed by atoms with E-state index in [0.29, 0.717) is 10.5 Å². The van der Waals surface area contributed by atoms with E-state index in [4.69, 9.17) is 5.26 Å². The SMILES string of the molecule is Cc1ccc(CS(=O)(=O)C[C@@H](NC(=O)c2ccccc2)C(=O)N(C)C#N)cc1. The lowest BCUT2D eigenvalue weighted by molar-refractivity contribution is -0.128. The molecule has 0 bridgehead atoms. The Hall–Kier alpha value is -3.18. The lowest BCUT2D eigenvalue weighted by Gasteiger charge is -2.20. The van der Waals surface area contributed by atoms with Crippen LogP contribution in [0.25, 0.3) is 0 Å². The Labute approximate surface area is 164 Å². The number of sulfone groups is 1. The van der Waals surface area contributed by atoms with E-state index in [1.807, 2.05) is 6.92 Å². The number of amides is 2. The fourth-order valence-corrected chi connectivity index (χ4v) is 4.09. The number of carbonyl (C=O) groups excluding carboxylic acids is 2. The highest BCUT2D eigenvalue weighted by Crippen LogP contribution is 2.11. The Morgan fingerprint density at radius 2 is 1.71 bits per heavy atom. The first-order chi connectivity index (χ1) is 13.2. The molecule has 0 radical (unpaired) electrons. The Balaban J connectivity index is 2.21. The van der Waals surface area contributed by atoms with E-state index < -0.39 is 33.4 Å². The second kappa shape index (κ2) is 9.15. The van der Waals surface area contributed by atoms with Gasteiger partial charge in [0.1, 0.15) is 6.04 Å². The van der Waals surface area contributed by atoms with Crippen molar-refractivity contribution in [3.8, 4) is 6.19 Å². The number of rotatable bonds is 7. The predicted octanol–water partition coefficient (Wildman–Crippen LogP) is 1.65. The normalized spacial score (nSPS) is 11.9. The van der Waals surface area contributed by atoms with Crippen molar-refractivity contribution in [2.24, 2.45) is 0 Å². The summed E-state index contributed by atoms with van der Waals surface area (Å²) in [6.07, 6.45) is 1.64. The molecule has 0 fully saturated rings. The molecule has 28 heavy (non-hydrogen) atoms. The fraction of sp³-hybridized carbons (Fsp3) is 0.250. The van der Waals surface area contributed by atoms with Crippen LogP contribution in [0.4, 0.5) is 0 Å². The molecule has 0 aromatic heterocycles. The standard InChI is InChI=1S/C20H21N3O4S/c1-15-8-10-16(11-9-15)12-28(26,27)13-18(20(25)23(2)14-21)22-19(24)17-6-4-3-5-7-17/h3-11,18H,12-13H2,1-2H3,(H,22,24)/t18-/m1/s1. The monoisotopic (exact) mass is 399 g/mol. The van der Waals surface area contributed by atoms with E-state index in [1.165, 1.54) is 7.05 Å². The number of aryl methyl sites for hydroxylation is 1. The van der Waals surface area contributed by atoms with Crippen molar-refractivity contribution in [2.75, 3.05) is 12.8 Å². The first-order valence-corrected chi connectivity index (χ1v) is 10.3. The van der Waals surface area contributed by atoms with Crippen LogP contribution in [0.15, 0.2) is 54.6 Å². The van der Waals surface area contributed by atoms with Crippen LogP contribution in [-0.4, -0.2) is 44.0 Å². The number of nitrogens with zero attached hydrogens (tertiary/aromatic N) is 2. The summed E-state index contributed by atoms with van der Waals surface area (Å²) >= 11 is 0. The van der Waals surface area contributed by atoms with Crippen LogP contribution in [0, 0.1) is 18.4 Å². The molecule has 0 saturated heterocycles. The molecule has 0 aliphatic heterocycles. The van der Waals surface area contributed by atoms with Gasteiger partial charge in [-0.25, -0.2) is 8.42 Å². The van der Waals surface area contributed by atoms with E-state index in [2.05, 4.69) is 5.32 Å². The van der Waals surface area contributed by atoms with Gasteiger partial charge in [-0.3, -0.25) is 14.5 Å². The second-order valence-corrected chi connectivity index (χ2v) is 8.54. The number of nitriles is 1. The topological polar surface area (TPSA) is 107 Å². The van der Waals surface area contributed by atoms with Crippen LogP contribution in [0.3, 0.4) is 0 Å². The van der Waals surface area contributed by atoms with Gasteiger partial charge in [-0.15, -0.1) is 0 Å². The molecule has 2 amide bonds. The van der Waals surface area contributed by atoms with E-state index >= 15 is 0 Å². The van der Waals surface area contributed by atoms with Crippen molar-refractivity contribution in [2.45, 2.75) is 18.7 Å². The van der Waals surface area contributed by atoms with Crippen LogP contribution in [-0.2, 0) is 20.4 Å². The maximum Gasteiger partial charge on any atom is 0.258 e. The number of hydrogen-bond donors (Lipinski definition) is 1. The largest absolute Gasteiger partial charge is 0.339 e. The number of hydrogen-bond acceptors (Lipinski definition) is 5. The third-order valence-electron chi connectivity index (χ3n) is 4.05. The second-order valence-electron chi connectivity index (χ2n) is 6.43. The summed E-state index contributed by atoms with van der Waals surface area (Å²) in [5.41, 5.74) is 1.87. The van der Waals surface area contributed by atoms with Gasteiger partial charge < -0.3 is 5.32 Å². The molecule has 1 N–H and O–H groups in total. The van der Waals surface area contributed by atoms with Gasteiger partial charge in [0.05, 0.1) is 11.5 Å². The Morgan fingerprint density at radius 3 is 2.29 bits per heavy atom. The van der Waals surface area contributed by atoms with Gasteiger partial charge in [0, 0.05) is 12.6 Å². The summed E-state index contributed by atoms with van der Waals surface area (Å²) < 4.78 is 25.2. The molecule has 0 saturated carbocycles. The molecule has 2 aromatic carbocycles. The zero-order valence-electron chi connectivity index (χ0n) is 15.6. The highest BCUT2D eigenvalue weighted by Gasteiger charge is 2.30. The minimum absolute atomic E-state index is 0.269. The molecule has 0 aliphatic rings. The van der Waals surface area contributed by atoms with E-state index in [9.17, 15) is 18.0 Å². The maximum atomic E-state index is 12.6. The highest BCUT2D eigenvalue weighted by molar-refractivity contribution is 7.90. The van der Waals surface area contributed by atoms with Gasteiger partial charge in [0.15, 0.2) is 16.0 Å². The average Bonchev–Trinajstić information content (AvgIpc) is 2.68. The molecule has 0 aliphatic carbocycles. The zero-order chi connectivity index (χ0) is 20.7. The Bertz CT molecular complexity index is 980. The fourth-order valence-electron chi connectivity index (χ4n) is 2.54. The van der Waals surface area contributed by atoms with Crippen molar-refractivity contribution in [1.82, 2.24) is 10.2 Å². The molecule has 8 heteroatoms. The minimum Gasteiger partial charge on any atom is -0.339 e. The summed E-state index contributed by atoms with van der Waals surface area (Å²) in [7, 11) is -2.51. The van der Waals surface area contributed by atoms with Gasteiger partial charge in [-0.05, 0) is 24.6 Å². The van der Waals surface area contributed by atoms with E-state index in [-0.39, 0.29) is 11.3 Å². The molecular weight excluding hydrogens is 378 g/mol. The number of likely N-dealkylation sites (N-methyl/N-ethyl adjacent to an activating group) is 1. The summed E-state index contributed by atoms with van der Waals surface area (Å²) in [5, 5.41) is 11.4. The van der Waals surface area contributed by atoms with Crippen molar-refractivity contribution < 1.29 is 18.0 Å². The minimum atomic E-state index is -3.73. The van der Waals surface area contributed by atoms with Crippen molar-refractivity contribution >= 4 is 21.7 Å². The molecule has 2 aromatic rings. The number of carbonyl (C=O) groups is 2. The summed E-state index contributed by atoms with van der Waals surface area (Å²) in [4.78, 5) is 25.5. The first kappa shape index (κ1) is 21.1. The summed E-state index contributed by atoms with van der Waals surface area (Å²) in [6, 6.07) is 13.8. The van der Waals surface area contributed by atoms with Crippen molar-refractivity contribution in [3.05, 3.63) is 71.3 Å². The van der Waals surface area contributed by atoms with Crippen LogP contribution < -0.4 is 5.32 Å². The smallest absolute Gasteiger partial charge is 0.258 e. The average molecular weight is 399 g/mol. The lowest BCUT2D eigenvalue weighted by Crippen LogP contribution is -2.50. The van der Waals surface area contributed by atoms with Crippen molar-refractivity contribution in [3.63, 3.8) is 0 Å². The molecular formula is C20H21N3O4S. The molecule has 0 heterocycles. The Morgan fingerprint density at radius 1 is 1.11 bits per heavy atom. The van der Waals surface area contributed by atoms with E-state index in [1.54, 1.807) is 60.8 Å². The van der Waals surface area contributed by atoms with Crippen LogP contribution in [0.5, 0.6) is 0 Å². The molecule has 2 rings (SSSR count). The van der Waals surface area contributed by atoms with Gasteiger partial charge in [-0.1, -0.05) is 48.0 Å². The third kappa shape index (κ3) is 5.93. The number of nitrogens with one attached hydrogen (secondary N) is 1. The van der Waals surface area contributed by atoms with Gasteiger partial charge >= 0.3 is 0 Å². The lowest BCUT2D eigenvalue weighted by atomic mass is 10.2. The summed E-state index contributed by atoms with van der Waals surface area (Å²) in [5.74, 6) is -2.26. The highest BCUT2D eigenvalue weighted by atomic mass is 32.2. The van der Waals surface area contributed by atoms with Gasteiger partial charge in [0.25, 0.3) is 11.8 Å². The van der Waals surface area contributed by atoms with Gasteiger partial charge in [0.2, 0.25) is 0 Å². The Kier molecular flexibility index (Phi) is 6.90. The quantitative estimate of drug-likeness (QED) is 0.563.